The molecule has 2 rings (SSSR count). The standard InChI is InChI=1S/C13H13N/c1-11(12-7-3-2-4-8-12)13-9-5-6-10-14-13/h2-11H,1H3/i1D,11D. The third-order valence-corrected chi connectivity index (χ3v) is 2.10. The second-order valence-corrected chi connectivity index (χ2v) is 3.06. The van der Waals surface area contributed by atoms with Crippen molar-refractivity contribution in [3.05, 3.63) is 66.0 Å². The molecule has 0 saturated carbocycles. The lowest BCUT2D eigenvalue weighted by atomic mass is 9.97. The first kappa shape index (κ1) is 6.77. The normalized spacial score (nSPS) is 16.6. The van der Waals surface area contributed by atoms with Gasteiger partial charge < -0.3 is 0 Å². The van der Waals surface area contributed by atoms with Crippen molar-refractivity contribution in [2.45, 2.75) is 12.8 Å². The van der Waals surface area contributed by atoms with Crippen LogP contribution in [0.15, 0.2) is 54.7 Å². The average Bonchev–Trinajstić information content (AvgIpc) is 2.40. The largest absolute Gasteiger partial charge is 0.261 e. The second-order valence-electron chi connectivity index (χ2n) is 3.06. The second kappa shape index (κ2) is 4.05. The molecule has 0 aliphatic carbocycles. The molecule has 1 aromatic carbocycles. The summed E-state index contributed by atoms with van der Waals surface area (Å²) >= 11 is 0. The van der Waals surface area contributed by atoms with E-state index in [1.807, 2.05) is 42.5 Å². The van der Waals surface area contributed by atoms with E-state index in [-0.39, 0.29) is 6.90 Å². The number of rotatable bonds is 2. The van der Waals surface area contributed by atoms with Crippen molar-refractivity contribution in [1.29, 1.82) is 0 Å². The summed E-state index contributed by atoms with van der Waals surface area (Å²) in [6.07, 6.45) is 1.66. The Morgan fingerprint density at radius 2 is 1.93 bits per heavy atom. The molecule has 1 nitrogen and oxygen atoms in total. The Hall–Kier alpha value is -1.63. The molecule has 0 saturated heterocycles. The van der Waals surface area contributed by atoms with Gasteiger partial charge in [-0.15, -0.1) is 0 Å². The molecular formula is C13H13N. The summed E-state index contributed by atoms with van der Waals surface area (Å²) in [7, 11) is 0. The molecule has 0 spiro atoms. The summed E-state index contributed by atoms with van der Waals surface area (Å²) < 4.78 is 16.0. The Kier molecular flexibility index (Phi) is 1.96. The average molecular weight is 185 g/mol. The SMILES string of the molecule is [2H]CC([2H])(c1ccccc1)c1ccccn1. The van der Waals surface area contributed by atoms with Gasteiger partial charge in [-0.1, -0.05) is 43.3 Å². The van der Waals surface area contributed by atoms with E-state index in [2.05, 4.69) is 4.98 Å². The molecule has 1 heterocycles. The van der Waals surface area contributed by atoms with E-state index in [9.17, 15) is 0 Å². The van der Waals surface area contributed by atoms with Crippen LogP contribution in [0.4, 0.5) is 0 Å². The highest BCUT2D eigenvalue weighted by atomic mass is 14.7. The van der Waals surface area contributed by atoms with Crippen LogP contribution < -0.4 is 0 Å². The Balaban J connectivity index is 2.49. The lowest BCUT2D eigenvalue weighted by Gasteiger charge is -2.10. The predicted molar refractivity (Wildman–Crippen MR) is 58.2 cm³/mol. The number of pyridine rings is 1. The molecule has 0 bridgehead atoms. The highest BCUT2D eigenvalue weighted by Crippen LogP contribution is 2.21. The topological polar surface area (TPSA) is 12.9 Å². The summed E-state index contributed by atoms with van der Waals surface area (Å²) in [6.45, 7) is -0.0337. The van der Waals surface area contributed by atoms with Crippen LogP contribution in [0.5, 0.6) is 0 Å². The maximum Gasteiger partial charge on any atom is 0.0475 e. The molecule has 0 aliphatic heterocycles. The van der Waals surface area contributed by atoms with Gasteiger partial charge >= 0.3 is 0 Å². The first-order valence-corrected chi connectivity index (χ1v) is 4.53. The lowest BCUT2D eigenvalue weighted by Crippen LogP contribution is -1.97. The molecule has 14 heavy (non-hydrogen) atoms. The summed E-state index contributed by atoms with van der Waals surface area (Å²) in [4.78, 5) is 4.19. The summed E-state index contributed by atoms with van der Waals surface area (Å²) in [5.74, 6) is -1.07. The van der Waals surface area contributed by atoms with E-state index in [4.69, 9.17) is 2.74 Å². The van der Waals surface area contributed by atoms with Gasteiger partial charge in [0, 0.05) is 20.5 Å². The van der Waals surface area contributed by atoms with Gasteiger partial charge in [-0.3, -0.25) is 4.98 Å². The third kappa shape index (κ3) is 1.82. The van der Waals surface area contributed by atoms with Crippen LogP contribution in [0.1, 0.15) is 26.8 Å². The van der Waals surface area contributed by atoms with Gasteiger partial charge in [0.1, 0.15) is 0 Å². The van der Waals surface area contributed by atoms with Crippen molar-refractivity contribution in [3.63, 3.8) is 0 Å². The van der Waals surface area contributed by atoms with Crippen molar-refractivity contribution in [2.24, 2.45) is 0 Å². The molecule has 0 N–H and O–H groups in total. The van der Waals surface area contributed by atoms with E-state index in [1.54, 1.807) is 12.3 Å². The van der Waals surface area contributed by atoms with Crippen LogP contribution in [0, 0.1) is 0 Å². The van der Waals surface area contributed by atoms with Crippen molar-refractivity contribution in [3.8, 4) is 0 Å². The fourth-order valence-electron chi connectivity index (χ4n) is 1.33. The Bertz CT molecular complexity index is 403. The Morgan fingerprint density at radius 3 is 2.57 bits per heavy atom. The quantitative estimate of drug-likeness (QED) is 0.700. The number of hydrogen-bond donors (Lipinski definition) is 0. The van der Waals surface area contributed by atoms with Gasteiger partial charge in [0.05, 0.1) is 0 Å². The molecule has 70 valence electrons. The van der Waals surface area contributed by atoms with Gasteiger partial charge in [-0.2, -0.15) is 0 Å². The first-order valence-electron chi connectivity index (χ1n) is 5.74. The van der Waals surface area contributed by atoms with Gasteiger partial charge in [-0.05, 0) is 17.7 Å². The molecule has 1 unspecified atom stereocenters. The smallest absolute Gasteiger partial charge is 0.0475 e. The highest BCUT2D eigenvalue weighted by Gasteiger charge is 2.07. The summed E-state index contributed by atoms with van der Waals surface area (Å²) in [5.41, 5.74) is 1.43. The number of hydrogen-bond acceptors (Lipinski definition) is 1. The van der Waals surface area contributed by atoms with E-state index in [0.29, 0.717) is 5.69 Å². The zero-order chi connectivity index (χ0) is 11.4. The molecule has 2 aromatic rings. The maximum atomic E-state index is 8.40. The van der Waals surface area contributed by atoms with E-state index in [1.165, 1.54) is 0 Å². The van der Waals surface area contributed by atoms with Crippen molar-refractivity contribution < 1.29 is 2.74 Å². The monoisotopic (exact) mass is 185 g/mol. The number of aromatic nitrogens is 1. The minimum absolute atomic E-state index is 0.0337. The first-order chi connectivity index (χ1) is 7.77. The van der Waals surface area contributed by atoms with Crippen LogP contribution >= 0.6 is 0 Å². The van der Waals surface area contributed by atoms with E-state index >= 15 is 0 Å². The van der Waals surface area contributed by atoms with Gasteiger partial charge in [0.15, 0.2) is 0 Å². The Labute approximate surface area is 87.2 Å². The zero-order valence-corrected chi connectivity index (χ0v) is 7.85. The fraction of sp³-hybridized carbons (Fsp3) is 0.154. The van der Waals surface area contributed by atoms with Crippen molar-refractivity contribution >= 4 is 0 Å². The lowest BCUT2D eigenvalue weighted by molar-refractivity contribution is 0.871. The summed E-state index contributed by atoms with van der Waals surface area (Å²) in [6, 6.07) is 14.9. The van der Waals surface area contributed by atoms with Gasteiger partial charge in [0.25, 0.3) is 0 Å². The highest BCUT2D eigenvalue weighted by molar-refractivity contribution is 5.27. The molecule has 0 amide bonds. The molecule has 1 heteroatoms. The minimum atomic E-state index is -1.07. The van der Waals surface area contributed by atoms with E-state index < -0.39 is 5.89 Å². The molecule has 0 radical (unpaired) electrons. The maximum absolute atomic E-state index is 8.40. The molecule has 0 fully saturated rings. The Morgan fingerprint density at radius 1 is 1.14 bits per heavy atom. The van der Waals surface area contributed by atoms with Crippen LogP contribution in [-0.2, 0) is 0 Å². The van der Waals surface area contributed by atoms with Crippen LogP contribution in [0.2, 0.25) is 0 Å². The molecule has 0 aliphatic rings. The molecule has 1 atom stereocenters. The van der Waals surface area contributed by atoms with Crippen LogP contribution in [0.25, 0.3) is 0 Å². The van der Waals surface area contributed by atoms with Gasteiger partial charge in [-0.25, -0.2) is 0 Å². The predicted octanol–water partition coefficient (Wildman–Crippen LogP) is 3.23. The molecule has 1 aromatic heterocycles. The fourth-order valence-corrected chi connectivity index (χ4v) is 1.33. The van der Waals surface area contributed by atoms with Crippen LogP contribution in [0.3, 0.4) is 0 Å². The third-order valence-electron chi connectivity index (χ3n) is 2.10. The van der Waals surface area contributed by atoms with E-state index in [0.717, 1.165) is 5.56 Å². The van der Waals surface area contributed by atoms with Gasteiger partial charge in [0.2, 0.25) is 0 Å². The molecular weight excluding hydrogens is 170 g/mol. The minimum Gasteiger partial charge on any atom is -0.261 e. The summed E-state index contributed by atoms with van der Waals surface area (Å²) in [5, 5.41) is 0. The van der Waals surface area contributed by atoms with Crippen LogP contribution in [-0.4, -0.2) is 4.98 Å². The zero-order valence-electron chi connectivity index (χ0n) is 9.85. The van der Waals surface area contributed by atoms with Crippen molar-refractivity contribution in [1.82, 2.24) is 4.98 Å². The number of benzene rings is 1. The number of nitrogens with zero attached hydrogens (tertiary/aromatic N) is 1. The van der Waals surface area contributed by atoms with Crippen molar-refractivity contribution in [2.75, 3.05) is 0 Å².